The van der Waals surface area contributed by atoms with Crippen molar-refractivity contribution < 1.29 is 9.18 Å². The summed E-state index contributed by atoms with van der Waals surface area (Å²) in [6.07, 6.45) is 2.98. The van der Waals surface area contributed by atoms with E-state index in [0.717, 1.165) is 6.07 Å². The lowest BCUT2D eigenvalue weighted by molar-refractivity contribution is 0.100. The van der Waals surface area contributed by atoms with Gasteiger partial charge in [0, 0.05) is 11.9 Å². The molecule has 0 saturated carbocycles. The van der Waals surface area contributed by atoms with Crippen LogP contribution in [0.2, 0.25) is 0 Å². The number of nitrogens with zero attached hydrogens (tertiary/aromatic N) is 2. The third-order valence-electron chi connectivity index (χ3n) is 2.51. The Bertz CT molecular complexity index is 603. The molecule has 0 atom stereocenters. The van der Waals surface area contributed by atoms with E-state index in [0.29, 0.717) is 12.2 Å². The summed E-state index contributed by atoms with van der Waals surface area (Å²) < 4.78 is 13.7. The number of nitrogens with one attached hydrogen (secondary N) is 1. The summed E-state index contributed by atoms with van der Waals surface area (Å²) >= 11 is 0. The smallest absolute Gasteiger partial charge is 0.250 e. The predicted octanol–water partition coefficient (Wildman–Crippen LogP) is 0.909. The number of benzene rings is 1. The van der Waals surface area contributed by atoms with Gasteiger partial charge in [0.15, 0.2) is 0 Å². The number of amides is 1. The van der Waals surface area contributed by atoms with E-state index in [9.17, 15) is 9.18 Å². The molecule has 2 aromatic rings. The number of carbonyl (C=O) groups is 1. The molecule has 0 aliphatic carbocycles. The first kappa shape index (κ1) is 12.7. The van der Waals surface area contributed by atoms with E-state index in [4.69, 9.17) is 11.5 Å². The lowest BCUT2D eigenvalue weighted by Gasteiger charge is -2.10. The van der Waals surface area contributed by atoms with Gasteiger partial charge in [-0.3, -0.25) is 4.79 Å². The standard InChI is InChI=1S/C12H12FN5O/c13-9-4-10(14)8(12(15)19)3-11(9)17-5-7-1-2-16-6-18-7/h1-4,6,17H,5,14H2,(H2,15,19). The van der Waals surface area contributed by atoms with E-state index < -0.39 is 11.7 Å². The van der Waals surface area contributed by atoms with Crippen LogP contribution in [0.4, 0.5) is 15.8 Å². The van der Waals surface area contributed by atoms with Gasteiger partial charge in [-0.05, 0) is 18.2 Å². The fourth-order valence-corrected chi connectivity index (χ4v) is 1.55. The van der Waals surface area contributed by atoms with Gasteiger partial charge < -0.3 is 16.8 Å². The molecule has 0 aliphatic rings. The highest BCUT2D eigenvalue weighted by molar-refractivity contribution is 5.99. The number of nitrogens with two attached hydrogens (primary N) is 2. The molecule has 2 rings (SSSR count). The Balaban J connectivity index is 2.21. The van der Waals surface area contributed by atoms with Crippen molar-refractivity contribution in [2.75, 3.05) is 11.1 Å². The number of nitrogen functional groups attached to an aromatic ring is 1. The van der Waals surface area contributed by atoms with Crippen LogP contribution in [0.3, 0.4) is 0 Å². The number of hydrogen-bond donors (Lipinski definition) is 3. The Morgan fingerprint density at radius 2 is 2.21 bits per heavy atom. The number of aromatic nitrogens is 2. The first-order valence-electron chi connectivity index (χ1n) is 5.45. The van der Waals surface area contributed by atoms with Crippen LogP contribution < -0.4 is 16.8 Å². The minimum Gasteiger partial charge on any atom is -0.398 e. The summed E-state index contributed by atoms with van der Waals surface area (Å²) in [5.41, 5.74) is 11.6. The van der Waals surface area contributed by atoms with E-state index in [1.54, 1.807) is 12.3 Å². The average molecular weight is 261 g/mol. The second-order valence-electron chi connectivity index (χ2n) is 3.84. The molecule has 5 N–H and O–H groups in total. The average Bonchev–Trinajstić information content (AvgIpc) is 2.38. The molecular formula is C12H12FN5O. The van der Waals surface area contributed by atoms with E-state index in [1.807, 2.05) is 0 Å². The van der Waals surface area contributed by atoms with E-state index in [1.165, 1.54) is 12.4 Å². The largest absolute Gasteiger partial charge is 0.398 e. The molecule has 1 amide bonds. The highest BCUT2D eigenvalue weighted by atomic mass is 19.1. The van der Waals surface area contributed by atoms with Crippen LogP contribution in [0.1, 0.15) is 16.1 Å². The molecule has 19 heavy (non-hydrogen) atoms. The number of primary amides is 1. The fourth-order valence-electron chi connectivity index (χ4n) is 1.55. The zero-order valence-electron chi connectivity index (χ0n) is 9.93. The highest BCUT2D eigenvalue weighted by Gasteiger charge is 2.11. The van der Waals surface area contributed by atoms with Gasteiger partial charge >= 0.3 is 0 Å². The fraction of sp³-hybridized carbons (Fsp3) is 0.0833. The van der Waals surface area contributed by atoms with Gasteiger partial charge in [-0.25, -0.2) is 14.4 Å². The predicted molar refractivity (Wildman–Crippen MR) is 68.7 cm³/mol. The zero-order valence-corrected chi connectivity index (χ0v) is 9.93. The molecule has 0 aliphatic heterocycles. The Morgan fingerprint density at radius 3 is 2.84 bits per heavy atom. The number of halogens is 1. The minimum atomic E-state index is -0.706. The van der Waals surface area contributed by atoms with Crippen molar-refractivity contribution in [1.29, 1.82) is 0 Å². The van der Waals surface area contributed by atoms with Crippen molar-refractivity contribution in [3.63, 3.8) is 0 Å². The molecule has 1 heterocycles. The Hall–Kier alpha value is -2.70. The molecule has 0 unspecified atom stereocenters. The Kier molecular flexibility index (Phi) is 3.56. The van der Waals surface area contributed by atoms with Crippen LogP contribution in [0.5, 0.6) is 0 Å². The minimum absolute atomic E-state index is 0.0117. The first-order valence-corrected chi connectivity index (χ1v) is 5.45. The maximum atomic E-state index is 13.7. The van der Waals surface area contributed by atoms with Gasteiger partial charge in [0.1, 0.15) is 12.1 Å². The summed E-state index contributed by atoms with van der Waals surface area (Å²) in [5.74, 6) is -1.26. The van der Waals surface area contributed by atoms with Crippen LogP contribution in [0, 0.1) is 5.82 Å². The van der Waals surface area contributed by atoms with Crippen LogP contribution in [0.15, 0.2) is 30.7 Å². The molecule has 0 fully saturated rings. The van der Waals surface area contributed by atoms with Gasteiger partial charge in [0.05, 0.1) is 23.5 Å². The number of carbonyl (C=O) groups excluding carboxylic acids is 1. The van der Waals surface area contributed by atoms with Crippen LogP contribution in [-0.2, 0) is 6.54 Å². The third kappa shape index (κ3) is 2.95. The third-order valence-corrected chi connectivity index (χ3v) is 2.51. The van der Waals surface area contributed by atoms with Gasteiger partial charge in [-0.2, -0.15) is 0 Å². The quantitative estimate of drug-likeness (QED) is 0.709. The van der Waals surface area contributed by atoms with E-state index in [2.05, 4.69) is 15.3 Å². The molecule has 6 nitrogen and oxygen atoms in total. The molecular weight excluding hydrogens is 249 g/mol. The van der Waals surface area contributed by atoms with Crippen molar-refractivity contribution in [3.05, 3.63) is 47.8 Å². The number of rotatable bonds is 4. The monoisotopic (exact) mass is 261 g/mol. The molecule has 0 radical (unpaired) electrons. The van der Waals surface area contributed by atoms with Crippen molar-refractivity contribution >= 4 is 17.3 Å². The Morgan fingerprint density at radius 1 is 1.42 bits per heavy atom. The SMILES string of the molecule is NC(=O)c1cc(NCc2ccncn2)c(F)cc1N. The second kappa shape index (κ2) is 5.30. The zero-order chi connectivity index (χ0) is 13.8. The highest BCUT2D eigenvalue weighted by Crippen LogP contribution is 2.22. The molecule has 7 heteroatoms. The first-order chi connectivity index (χ1) is 9.08. The maximum absolute atomic E-state index is 13.7. The molecule has 0 bridgehead atoms. The summed E-state index contributed by atoms with van der Waals surface area (Å²) in [7, 11) is 0. The maximum Gasteiger partial charge on any atom is 0.250 e. The van der Waals surface area contributed by atoms with Gasteiger partial charge in [0.2, 0.25) is 0 Å². The van der Waals surface area contributed by atoms with E-state index >= 15 is 0 Å². The lowest BCUT2D eigenvalue weighted by atomic mass is 10.1. The number of hydrogen-bond acceptors (Lipinski definition) is 5. The van der Waals surface area contributed by atoms with Crippen LogP contribution in [-0.4, -0.2) is 15.9 Å². The summed E-state index contributed by atoms with van der Waals surface area (Å²) in [6, 6.07) is 4.04. The molecule has 0 saturated heterocycles. The molecule has 98 valence electrons. The summed E-state index contributed by atoms with van der Waals surface area (Å²) in [6.45, 7) is 0.293. The van der Waals surface area contributed by atoms with Crippen LogP contribution >= 0.6 is 0 Å². The Labute approximate surface area is 108 Å². The van der Waals surface area contributed by atoms with Gasteiger partial charge in [0.25, 0.3) is 5.91 Å². The van der Waals surface area contributed by atoms with Crippen molar-refractivity contribution in [2.24, 2.45) is 5.73 Å². The van der Waals surface area contributed by atoms with Gasteiger partial charge in [-0.15, -0.1) is 0 Å². The molecule has 0 spiro atoms. The topological polar surface area (TPSA) is 107 Å². The van der Waals surface area contributed by atoms with Crippen LogP contribution in [0.25, 0.3) is 0 Å². The summed E-state index contributed by atoms with van der Waals surface area (Å²) in [5, 5.41) is 2.82. The molecule has 1 aromatic heterocycles. The van der Waals surface area contributed by atoms with Crippen molar-refractivity contribution in [2.45, 2.75) is 6.54 Å². The lowest BCUT2D eigenvalue weighted by Crippen LogP contribution is -2.15. The molecule has 1 aromatic carbocycles. The summed E-state index contributed by atoms with van der Waals surface area (Å²) in [4.78, 5) is 18.9. The van der Waals surface area contributed by atoms with Crippen molar-refractivity contribution in [1.82, 2.24) is 9.97 Å². The second-order valence-corrected chi connectivity index (χ2v) is 3.84. The normalized spacial score (nSPS) is 10.2. The van der Waals surface area contributed by atoms with Crippen molar-refractivity contribution in [3.8, 4) is 0 Å². The van der Waals surface area contributed by atoms with Gasteiger partial charge in [-0.1, -0.05) is 0 Å². The van der Waals surface area contributed by atoms with E-state index in [-0.39, 0.29) is 16.9 Å². The number of anilines is 2.